The van der Waals surface area contributed by atoms with Crippen molar-refractivity contribution in [2.24, 2.45) is 39.8 Å². The number of nitrogens with zero attached hydrogens (tertiary/aromatic N) is 2. The van der Waals surface area contributed by atoms with Crippen LogP contribution in [0.25, 0.3) is 0 Å². The number of carboxylic acids is 2. The number of phosphoric ester groups is 1. The third-order valence-corrected chi connectivity index (χ3v) is 13.3. The van der Waals surface area contributed by atoms with Crippen LogP contribution in [0.3, 0.4) is 0 Å². The zero-order valence-electron chi connectivity index (χ0n) is 47.2. The molecule has 0 unspecified atom stereocenters. The van der Waals surface area contributed by atoms with E-state index in [-0.39, 0.29) is 51.2 Å². The van der Waals surface area contributed by atoms with Crippen LogP contribution in [0.15, 0.2) is 4.99 Å². The molecule has 0 aromatic heterocycles. The minimum absolute atomic E-state index is 0.0125. The Balaban J connectivity index is 3.45. The van der Waals surface area contributed by atoms with Crippen LogP contribution in [0.1, 0.15) is 99.3 Å². The first-order valence-corrected chi connectivity index (χ1v) is 28.2. The number of aliphatic hydroxyl groups is 2. The summed E-state index contributed by atoms with van der Waals surface area (Å²) in [5, 5.41) is 59.9. The van der Waals surface area contributed by atoms with Crippen molar-refractivity contribution in [3.63, 3.8) is 0 Å². The van der Waals surface area contributed by atoms with E-state index < -0.39 is 183 Å². The summed E-state index contributed by atoms with van der Waals surface area (Å²) in [6, 6.07) is -15.9. The number of aliphatic imine (C=N–C) groups is 1. The van der Waals surface area contributed by atoms with Crippen LogP contribution in [-0.4, -0.2) is 218 Å². The molecular formula is C47H84N15O20P. The van der Waals surface area contributed by atoms with E-state index in [1.54, 1.807) is 20.8 Å². The van der Waals surface area contributed by atoms with Crippen molar-refractivity contribution in [3.8, 4) is 0 Å². The lowest BCUT2D eigenvalue weighted by Gasteiger charge is -2.33. The molecule has 0 aromatic rings. The molecule has 1 rings (SSSR count). The number of amides is 10. The SMILES string of the molecule is CC[C@H](C)[C@H](NC(=O)[C@H](COP(=O)(O)O)NC(=O)[C@H](CC(=O)O)NC(=O)[C@H](CO)NC(=O)[C@H](CCCN=C(N)N)NC(=O)CNC(=O)[C@H](CCCCN)NC(=O)[C@H](C)N)C(=O)N[C@H](C(=O)N1CCC[C@H]1C(=O)N[C@H](C(=O)O)[C@@H](C)O)C(C)C. The molecule has 12 atom stereocenters. The van der Waals surface area contributed by atoms with Gasteiger partial charge in [-0.3, -0.25) is 62.3 Å². The summed E-state index contributed by atoms with van der Waals surface area (Å²) in [6.07, 6.45) is -1.38. The number of hydrogen-bond acceptors (Lipinski definition) is 19. The smallest absolute Gasteiger partial charge is 0.469 e. The summed E-state index contributed by atoms with van der Waals surface area (Å²) in [4.78, 5) is 183. The molecule has 0 saturated carbocycles. The normalized spacial score (nSPS) is 17.2. The van der Waals surface area contributed by atoms with E-state index in [0.29, 0.717) is 25.8 Å². The number of nitrogens with two attached hydrogens (primary N) is 4. The van der Waals surface area contributed by atoms with Crippen LogP contribution in [0, 0.1) is 11.8 Å². The second-order valence-corrected chi connectivity index (χ2v) is 21.3. The first-order valence-electron chi connectivity index (χ1n) is 26.6. The summed E-state index contributed by atoms with van der Waals surface area (Å²) < 4.78 is 16.4. The Bertz CT molecular complexity index is 2340. The monoisotopic (exact) mass is 1210 g/mol. The van der Waals surface area contributed by atoms with E-state index in [4.69, 9.17) is 22.9 Å². The predicted molar refractivity (Wildman–Crippen MR) is 291 cm³/mol. The Morgan fingerprint density at radius 1 is 0.687 bits per heavy atom. The highest BCUT2D eigenvalue weighted by atomic mass is 31.2. The first-order chi connectivity index (χ1) is 38.7. The van der Waals surface area contributed by atoms with Crippen molar-refractivity contribution in [1.29, 1.82) is 0 Å². The number of phosphoric acid groups is 1. The molecule has 35 nitrogen and oxygen atoms in total. The topological polar surface area (TPSA) is 580 Å². The molecular weight excluding hydrogens is 1130 g/mol. The third kappa shape index (κ3) is 26.8. The highest BCUT2D eigenvalue weighted by Crippen LogP contribution is 2.35. The highest BCUT2D eigenvalue weighted by molar-refractivity contribution is 7.46. The van der Waals surface area contributed by atoms with Crippen molar-refractivity contribution in [1.82, 2.24) is 52.8 Å². The Morgan fingerprint density at radius 2 is 1.23 bits per heavy atom. The molecule has 1 fully saturated rings. The van der Waals surface area contributed by atoms with Crippen LogP contribution in [-0.2, 0) is 66.6 Å². The fourth-order valence-corrected chi connectivity index (χ4v) is 8.30. The Labute approximate surface area is 478 Å². The average Bonchev–Trinajstić information content (AvgIpc) is 4.14. The lowest BCUT2D eigenvalue weighted by atomic mass is 9.96. The van der Waals surface area contributed by atoms with Gasteiger partial charge in [0.15, 0.2) is 12.0 Å². The van der Waals surface area contributed by atoms with Crippen LogP contribution < -0.4 is 70.8 Å². The number of carbonyl (C=O) groups excluding carboxylic acids is 10. The zero-order chi connectivity index (χ0) is 63.5. The van der Waals surface area contributed by atoms with E-state index in [0.717, 1.165) is 11.8 Å². The first kappa shape index (κ1) is 73.9. The molecule has 472 valence electrons. The minimum atomic E-state index is -5.46. The van der Waals surface area contributed by atoms with Gasteiger partial charge in [-0.2, -0.15) is 0 Å². The maximum absolute atomic E-state index is 14.1. The number of nitrogens with one attached hydrogen (secondary N) is 9. The van der Waals surface area contributed by atoms with Crippen molar-refractivity contribution in [2.75, 3.05) is 39.4 Å². The van der Waals surface area contributed by atoms with Crippen LogP contribution >= 0.6 is 7.82 Å². The fraction of sp³-hybridized carbons (Fsp3) is 0.723. The second kappa shape index (κ2) is 36.4. The molecule has 0 spiro atoms. The summed E-state index contributed by atoms with van der Waals surface area (Å²) in [5.74, 6) is -15.6. The molecule has 83 heavy (non-hydrogen) atoms. The molecule has 1 aliphatic rings. The van der Waals surface area contributed by atoms with Crippen molar-refractivity contribution in [3.05, 3.63) is 0 Å². The number of rotatable bonds is 38. The van der Waals surface area contributed by atoms with Gasteiger partial charge >= 0.3 is 19.8 Å². The van der Waals surface area contributed by atoms with E-state index in [9.17, 15) is 92.3 Å². The van der Waals surface area contributed by atoms with Crippen molar-refractivity contribution >= 4 is 84.8 Å². The van der Waals surface area contributed by atoms with Gasteiger partial charge < -0.3 is 106 Å². The van der Waals surface area contributed by atoms with Crippen LogP contribution in [0.4, 0.5) is 0 Å². The molecule has 10 amide bonds. The Kier molecular flexibility index (Phi) is 32.4. The number of unbranched alkanes of at least 4 members (excludes halogenated alkanes) is 1. The number of hydrogen-bond donors (Lipinski definition) is 19. The minimum Gasteiger partial charge on any atom is -0.481 e. The molecule has 1 saturated heterocycles. The molecule has 0 aliphatic carbocycles. The van der Waals surface area contributed by atoms with Crippen molar-refractivity contribution < 1.29 is 96.8 Å². The van der Waals surface area contributed by atoms with Gasteiger partial charge in [0.25, 0.3) is 0 Å². The van der Waals surface area contributed by atoms with E-state index in [1.165, 1.54) is 13.8 Å². The summed E-state index contributed by atoms with van der Waals surface area (Å²) >= 11 is 0. The maximum Gasteiger partial charge on any atom is 0.469 e. The van der Waals surface area contributed by atoms with Gasteiger partial charge in [0.05, 0.1) is 38.3 Å². The molecule has 0 bridgehead atoms. The predicted octanol–water partition coefficient (Wildman–Crippen LogP) is -7.75. The van der Waals surface area contributed by atoms with Gasteiger partial charge in [-0.1, -0.05) is 34.1 Å². The number of aliphatic carboxylic acids is 2. The molecule has 1 heterocycles. The van der Waals surface area contributed by atoms with Gasteiger partial charge in [-0.15, -0.1) is 0 Å². The Hall–Kier alpha value is -7.14. The molecule has 23 N–H and O–H groups in total. The Morgan fingerprint density at radius 3 is 1.76 bits per heavy atom. The number of aliphatic hydroxyl groups excluding tert-OH is 2. The maximum atomic E-state index is 14.1. The summed E-state index contributed by atoms with van der Waals surface area (Å²) in [5.41, 5.74) is 21.9. The van der Waals surface area contributed by atoms with Crippen molar-refractivity contribution in [2.45, 2.75) is 166 Å². The van der Waals surface area contributed by atoms with Gasteiger partial charge in [-0.05, 0) is 77.2 Å². The van der Waals surface area contributed by atoms with E-state index >= 15 is 0 Å². The van der Waals surface area contributed by atoms with Gasteiger partial charge in [0, 0.05) is 13.1 Å². The number of guanidine groups is 1. The number of carboxylic acid groups (broad SMARTS) is 2. The zero-order valence-corrected chi connectivity index (χ0v) is 48.1. The van der Waals surface area contributed by atoms with E-state index in [1.807, 2.05) is 10.6 Å². The highest BCUT2D eigenvalue weighted by Gasteiger charge is 2.42. The molecule has 0 aromatic carbocycles. The fourth-order valence-electron chi connectivity index (χ4n) is 7.95. The van der Waals surface area contributed by atoms with Gasteiger partial charge in [0.2, 0.25) is 59.1 Å². The largest absolute Gasteiger partial charge is 0.481 e. The summed E-state index contributed by atoms with van der Waals surface area (Å²) in [6.45, 7) is 5.65. The second-order valence-electron chi connectivity index (χ2n) is 20.0. The van der Waals surface area contributed by atoms with Gasteiger partial charge in [0.1, 0.15) is 48.3 Å². The lowest BCUT2D eigenvalue weighted by molar-refractivity contribution is -0.147. The van der Waals surface area contributed by atoms with E-state index in [2.05, 4.69) is 46.7 Å². The standard InChI is InChI=1S/C47H84N15O20P/c1-7-23(4)35(44(75)59-34(22(2)3)45(76)62-17-11-14-31(62)43(74)61-36(25(6)64)46(77)78)60-42(73)30(21-82-83(79,80)81)58-40(71)28(18-33(66)67)56-41(72)29(20-63)57-39(70)27(13-10-16-52-47(50)51)54-32(65)19-53-38(69)26(12-8-9-15-48)55-37(68)24(5)49/h22-31,34-36,63-64H,7-21,48-49H2,1-6H3,(H,53,69)(H,54,65)(H,55,68)(H,56,72)(H,57,70)(H,58,71)(H,59,75)(H,60,73)(H,61,74)(H,66,67)(H,77,78)(H4,50,51,52)(H2,79,80,81)/t23-,24-,25+,26-,27-,28-,29-,30-,31-,34-,35-,36-/m0/s1. The summed E-state index contributed by atoms with van der Waals surface area (Å²) in [7, 11) is -5.46. The number of likely N-dealkylation sites (tertiary alicyclic amines) is 1. The lowest BCUT2D eigenvalue weighted by Crippen LogP contribution is -2.62. The molecule has 36 heteroatoms. The quantitative estimate of drug-likeness (QED) is 0.0118. The molecule has 1 aliphatic heterocycles. The average molecular weight is 1210 g/mol. The molecule has 0 radical (unpaired) electrons. The third-order valence-electron chi connectivity index (χ3n) is 12.8. The van der Waals surface area contributed by atoms with Crippen LogP contribution in [0.2, 0.25) is 0 Å². The van der Waals surface area contributed by atoms with Crippen LogP contribution in [0.5, 0.6) is 0 Å². The number of carbonyl (C=O) groups is 12. The van der Waals surface area contributed by atoms with Gasteiger partial charge in [-0.25, -0.2) is 9.36 Å².